The molecule has 0 radical (unpaired) electrons. The number of benzene rings is 1. The van der Waals surface area contributed by atoms with Crippen molar-refractivity contribution in [1.82, 2.24) is 0 Å². The highest BCUT2D eigenvalue weighted by molar-refractivity contribution is 5.83. The Morgan fingerprint density at radius 2 is 1.96 bits per heavy atom. The lowest BCUT2D eigenvalue weighted by molar-refractivity contribution is -0.206. The number of halogens is 1. The van der Waals surface area contributed by atoms with Crippen LogP contribution in [0.1, 0.15) is 39.7 Å². The van der Waals surface area contributed by atoms with Gasteiger partial charge in [0, 0.05) is 31.7 Å². The predicted octanol–water partition coefficient (Wildman–Crippen LogP) is 5.00. The Balaban J connectivity index is 2.25. The predicted molar refractivity (Wildman–Crippen MR) is 92.3 cm³/mol. The molecule has 0 unspecified atom stereocenters. The quantitative estimate of drug-likeness (QED) is 0.563. The minimum atomic E-state index is -0.982. The molecule has 0 bridgehead atoms. The normalized spacial score (nSPS) is 18.3. The molecule has 4 heteroatoms. The summed E-state index contributed by atoms with van der Waals surface area (Å²) in [5.41, 5.74) is 2.40. The summed E-state index contributed by atoms with van der Waals surface area (Å²) in [4.78, 5) is 11.7. The first-order valence-electron chi connectivity index (χ1n) is 7.88. The van der Waals surface area contributed by atoms with Crippen molar-refractivity contribution >= 4 is 12.0 Å². The average molecular weight is 330 g/mol. The maximum absolute atomic E-state index is 13.9. The van der Waals surface area contributed by atoms with Gasteiger partial charge in [0.15, 0.2) is 0 Å². The van der Waals surface area contributed by atoms with Crippen LogP contribution in [0.3, 0.4) is 0 Å². The Bertz CT molecular complexity index is 713. The van der Waals surface area contributed by atoms with Crippen LogP contribution < -0.4 is 0 Å². The van der Waals surface area contributed by atoms with E-state index < -0.39 is 11.8 Å². The van der Waals surface area contributed by atoms with Crippen molar-refractivity contribution < 1.29 is 18.7 Å². The molecule has 1 aromatic rings. The molecule has 0 N–H and O–H groups in total. The first-order chi connectivity index (χ1) is 11.2. The number of esters is 1. The number of cyclic esters (lactones) is 1. The van der Waals surface area contributed by atoms with Gasteiger partial charge in [0.2, 0.25) is 5.79 Å². The summed E-state index contributed by atoms with van der Waals surface area (Å²) in [5.74, 6) is -1.18. The maximum Gasteiger partial charge on any atom is 0.337 e. The smallest absolute Gasteiger partial charge is 0.337 e. The van der Waals surface area contributed by atoms with Gasteiger partial charge in [-0.05, 0) is 19.9 Å². The molecule has 0 spiro atoms. The zero-order chi connectivity index (χ0) is 17.9. The van der Waals surface area contributed by atoms with Crippen LogP contribution in [0, 0.1) is 11.7 Å². The minimum absolute atomic E-state index is 0.0578. The van der Waals surface area contributed by atoms with Crippen molar-refractivity contribution in [2.45, 2.75) is 39.9 Å². The molecule has 2 rings (SSSR count). The number of rotatable bonds is 5. The molecule has 1 aliphatic rings. The SMILES string of the molecule is C=C(C)[C@H](CC1=CC(=O)OC(C)(C)O1)/C(C)=C/c1ccccc1F. The number of carbonyl (C=O) groups is 1. The summed E-state index contributed by atoms with van der Waals surface area (Å²) < 4.78 is 24.7. The third kappa shape index (κ3) is 4.57. The van der Waals surface area contributed by atoms with Gasteiger partial charge in [-0.2, -0.15) is 0 Å². The summed E-state index contributed by atoms with van der Waals surface area (Å²) in [5, 5.41) is 0. The van der Waals surface area contributed by atoms with Crippen LogP contribution >= 0.6 is 0 Å². The molecule has 3 nitrogen and oxygen atoms in total. The largest absolute Gasteiger partial charge is 0.457 e. The summed E-state index contributed by atoms with van der Waals surface area (Å²) in [6, 6.07) is 6.61. The van der Waals surface area contributed by atoms with Crippen molar-refractivity contribution in [2.75, 3.05) is 0 Å². The van der Waals surface area contributed by atoms with Crippen LogP contribution in [0.4, 0.5) is 4.39 Å². The Kier molecular flexibility index (Phi) is 5.27. The van der Waals surface area contributed by atoms with Crippen molar-refractivity contribution in [3.8, 4) is 0 Å². The van der Waals surface area contributed by atoms with Gasteiger partial charge in [-0.25, -0.2) is 9.18 Å². The number of hydrogen-bond acceptors (Lipinski definition) is 3. The zero-order valence-electron chi connectivity index (χ0n) is 14.6. The van der Waals surface area contributed by atoms with Gasteiger partial charge in [-0.3, -0.25) is 0 Å². The van der Waals surface area contributed by atoms with Crippen molar-refractivity contribution in [1.29, 1.82) is 0 Å². The fraction of sp³-hybridized carbons (Fsp3) is 0.350. The fourth-order valence-electron chi connectivity index (χ4n) is 2.73. The van der Waals surface area contributed by atoms with Gasteiger partial charge in [0.05, 0.1) is 6.08 Å². The van der Waals surface area contributed by atoms with Crippen LogP contribution in [0.2, 0.25) is 0 Å². The van der Waals surface area contributed by atoms with E-state index >= 15 is 0 Å². The lowest BCUT2D eigenvalue weighted by atomic mass is 9.88. The van der Waals surface area contributed by atoms with Gasteiger partial charge in [0.1, 0.15) is 11.6 Å². The van der Waals surface area contributed by atoms with E-state index in [1.54, 1.807) is 32.0 Å². The van der Waals surface area contributed by atoms with Gasteiger partial charge < -0.3 is 9.47 Å². The topological polar surface area (TPSA) is 35.5 Å². The summed E-state index contributed by atoms with van der Waals surface area (Å²) in [6.07, 6.45) is 3.64. The Morgan fingerprint density at radius 3 is 2.54 bits per heavy atom. The molecule has 1 heterocycles. The van der Waals surface area contributed by atoms with Crippen LogP contribution in [0.15, 0.2) is 53.8 Å². The standard InChI is InChI=1S/C20H23FO3/c1-13(2)17(11-16-12-19(22)24-20(4,5)23-16)14(3)10-15-8-6-7-9-18(15)21/h6-10,12,17H,1,11H2,2-5H3/b14-10+/t17-/m0/s1. The molecule has 0 fully saturated rings. The molecule has 128 valence electrons. The number of carbonyl (C=O) groups excluding carboxylic acids is 1. The van der Waals surface area contributed by atoms with E-state index in [9.17, 15) is 9.18 Å². The van der Waals surface area contributed by atoms with E-state index in [4.69, 9.17) is 9.47 Å². The van der Waals surface area contributed by atoms with E-state index in [0.717, 1.165) is 11.1 Å². The molecule has 24 heavy (non-hydrogen) atoms. The first-order valence-corrected chi connectivity index (χ1v) is 7.88. The highest BCUT2D eigenvalue weighted by Crippen LogP contribution is 2.32. The van der Waals surface area contributed by atoms with E-state index in [-0.39, 0.29) is 11.7 Å². The molecule has 0 saturated heterocycles. The molecule has 1 aliphatic heterocycles. The number of hydrogen-bond donors (Lipinski definition) is 0. The van der Waals surface area contributed by atoms with Crippen LogP contribution in [0.25, 0.3) is 6.08 Å². The molecule has 0 aliphatic carbocycles. The van der Waals surface area contributed by atoms with E-state index in [1.807, 2.05) is 19.9 Å². The second-order valence-corrected chi connectivity index (χ2v) is 6.55. The Hall–Kier alpha value is -2.36. The van der Waals surface area contributed by atoms with Gasteiger partial charge in [0.25, 0.3) is 0 Å². The molecular weight excluding hydrogens is 307 g/mol. The highest BCUT2D eigenvalue weighted by Gasteiger charge is 2.31. The second-order valence-electron chi connectivity index (χ2n) is 6.55. The summed E-state index contributed by atoms with van der Waals surface area (Å²) in [6.45, 7) is 11.3. The van der Waals surface area contributed by atoms with E-state index in [0.29, 0.717) is 17.7 Å². The van der Waals surface area contributed by atoms with Crippen molar-refractivity contribution in [3.63, 3.8) is 0 Å². The van der Waals surface area contributed by atoms with Gasteiger partial charge >= 0.3 is 5.97 Å². The third-order valence-corrected chi connectivity index (χ3v) is 3.84. The lowest BCUT2D eigenvalue weighted by Gasteiger charge is -2.32. The van der Waals surface area contributed by atoms with Crippen molar-refractivity contribution in [2.24, 2.45) is 5.92 Å². The molecule has 0 aromatic heterocycles. The van der Waals surface area contributed by atoms with Crippen LogP contribution in [0.5, 0.6) is 0 Å². The van der Waals surface area contributed by atoms with E-state index in [2.05, 4.69) is 6.58 Å². The third-order valence-electron chi connectivity index (χ3n) is 3.84. The Morgan fingerprint density at radius 1 is 1.29 bits per heavy atom. The molecule has 1 atom stereocenters. The monoisotopic (exact) mass is 330 g/mol. The highest BCUT2D eigenvalue weighted by atomic mass is 19.1. The number of allylic oxidation sites excluding steroid dienone is 3. The van der Waals surface area contributed by atoms with Crippen molar-refractivity contribution in [3.05, 3.63) is 65.2 Å². The molecular formula is C20H23FO3. The summed E-state index contributed by atoms with van der Waals surface area (Å²) in [7, 11) is 0. The van der Waals surface area contributed by atoms with E-state index in [1.165, 1.54) is 12.1 Å². The average Bonchev–Trinajstić information content (AvgIpc) is 2.44. The van der Waals surface area contributed by atoms with Crippen LogP contribution in [-0.4, -0.2) is 11.8 Å². The molecule has 0 saturated carbocycles. The van der Waals surface area contributed by atoms with Gasteiger partial charge in [-0.15, -0.1) is 0 Å². The first kappa shape index (κ1) is 18.0. The Labute approximate surface area is 142 Å². The van der Waals surface area contributed by atoms with Gasteiger partial charge in [-0.1, -0.05) is 42.0 Å². The second kappa shape index (κ2) is 7.04. The zero-order valence-corrected chi connectivity index (χ0v) is 14.6. The fourth-order valence-corrected chi connectivity index (χ4v) is 2.73. The summed E-state index contributed by atoms with van der Waals surface area (Å²) >= 11 is 0. The number of ether oxygens (including phenoxy) is 2. The lowest BCUT2D eigenvalue weighted by Crippen LogP contribution is -2.34. The molecule has 1 aromatic carbocycles. The van der Waals surface area contributed by atoms with Crippen LogP contribution in [-0.2, 0) is 14.3 Å². The minimum Gasteiger partial charge on any atom is -0.457 e. The maximum atomic E-state index is 13.9. The molecule has 0 amide bonds.